The van der Waals surface area contributed by atoms with Gasteiger partial charge < -0.3 is 10.1 Å². The summed E-state index contributed by atoms with van der Waals surface area (Å²) in [6, 6.07) is 9.09. The molecule has 1 aromatic carbocycles. The Balaban J connectivity index is 1.79. The molecule has 24 heavy (non-hydrogen) atoms. The van der Waals surface area contributed by atoms with Crippen LogP contribution in [0, 0.1) is 0 Å². The number of rotatable bonds is 7. The van der Waals surface area contributed by atoms with Crippen molar-refractivity contribution in [2.45, 2.75) is 25.6 Å². The summed E-state index contributed by atoms with van der Waals surface area (Å²) >= 11 is 1.44. The second-order valence-electron chi connectivity index (χ2n) is 5.29. The van der Waals surface area contributed by atoms with Crippen molar-refractivity contribution in [3.05, 3.63) is 41.4 Å². The van der Waals surface area contributed by atoms with Crippen molar-refractivity contribution in [1.29, 1.82) is 0 Å². The van der Waals surface area contributed by atoms with Crippen LogP contribution in [0.15, 0.2) is 35.7 Å². The number of benzene rings is 1. The number of thiazole rings is 1. The molecule has 2 aromatic rings. The summed E-state index contributed by atoms with van der Waals surface area (Å²) in [5.41, 5.74) is 1.60. The quantitative estimate of drug-likeness (QED) is 0.825. The highest BCUT2D eigenvalue weighted by atomic mass is 32.1. The van der Waals surface area contributed by atoms with Crippen LogP contribution in [0.3, 0.4) is 0 Å². The first-order valence-electron chi connectivity index (χ1n) is 7.27. The normalized spacial score (nSPS) is 12.8. The lowest BCUT2D eigenvalue weighted by Gasteiger charge is -2.14. The summed E-state index contributed by atoms with van der Waals surface area (Å²) in [5, 5.41) is 5.21. The van der Waals surface area contributed by atoms with E-state index in [9.17, 15) is 18.0 Å². The number of nitrogens with zero attached hydrogens (tertiary/aromatic N) is 1. The average molecular weight is 358 g/mol. The minimum absolute atomic E-state index is 0.0763. The Kier molecular flexibility index (Phi) is 6.33. The maximum atomic E-state index is 12.0. The Labute approximate surface area is 141 Å². The lowest BCUT2D eigenvalue weighted by atomic mass is 10.2. The first kappa shape index (κ1) is 18.4. The van der Waals surface area contributed by atoms with Gasteiger partial charge in [0.25, 0.3) is 0 Å². The molecule has 0 saturated heterocycles. The van der Waals surface area contributed by atoms with E-state index in [0.717, 1.165) is 10.6 Å². The molecule has 1 aromatic heterocycles. The molecule has 8 heteroatoms. The maximum absolute atomic E-state index is 12.0. The standard InChI is InChI=1S/C16H17F3N2O2S/c1-11(8-23-10-16(17,18)19)20-14(22)7-13-9-24-15(21-13)12-5-3-2-4-6-12/h2-6,9,11H,7-8,10H2,1H3,(H,20,22). The van der Waals surface area contributed by atoms with Gasteiger partial charge in [-0.15, -0.1) is 11.3 Å². The van der Waals surface area contributed by atoms with E-state index in [1.165, 1.54) is 11.3 Å². The molecule has 1 N–H and O–H groups in total. The number of nitrogens with one attached hydrogen (secondary N) is 1. The van der Waals surface area contributed by atoms with E-state index in [4.69, 9.17) is 0 Å². The predicted molar refractivity (Wildman–Crippen MR) is 85.7 cm³/mol. The number of alkyl halides is 3. The Bertz CT molecular complexity index is 659. The van der Waals surface area contributed by atoms with E-state index in [1.807, 2.05) is 30.3 Å². The molecular formula is C16H17F3N2O2S. The second-order valence-corrected chi connectivity index (χ2v) is 6.14. The molecular weight excluding hydrogens is 341 g/mol. The van der Waals surface area contributed by atoms with Gasteiger partial charge in [-0.25, -0.2) is 4.98 Å². The largest absolute Gasteiger partial charge is 0.411 e. The zero-order chi connectivity index (χ0) is 17.6. The molecule has 0 spiro atoms. The van der Waals surface area contributed by atoms with Gasteiger partial charge in [0.1, 0.15) is 11.6 Å². The number of hydrogen-bond donors (Lipinski definition) is 1. The number of carbonyl (C=O) groups is 1. The van der Waals surface area contributed by atoms with E-state index >= 15 is 0 Å². The Morgan fingerprint density at radius 3 is 2.71 bits per heavy atom. The number of aromatic nitrogens is 1. The van der Waals surface area contributed by atoms with Crippen molar-refractivity contribution in [3.63, 3.8) is 0 Å². The molecule has 1 amide bonds. The molecule has 0 aliphatic rings. The average Bonchev–Trinajstić information content (AvgIpc) is 2.95. The van der Waals surface area contributed by atoms with Gasteiger partial charge in [0.2, 0.25) is 5.91 Å². The monoisotopic (exact) mass is 358 g/mol. The van der Waals surface area contributed by atoms with Crippen LogP contribution in [-0.2, 0) is 16.0 Å². The number of amides is 1. The first-order chi connectivity index (χ1) is 11.3. The van der Waals surface area contributed by atoms with Gasteiger partial charge in [-0.05, 0) is 6.92 Å². The molecule has 1 heterocycles. The fourth-order valence-electron chi connectivity index (χ4n) is 1.98. The first-order valence-corrected chi connectivity index (χ1v) is 8.15. The highest BCUT2D eigenvalue weighted by molar-refractivity contribution is 7.13. The molecule has 0 saturated carbocycles. The third-order valence-corrected chi connectivity index (χ3v) is 3.90. The van der Waals surface area contributed by atoms with Gasteiger partial charge in [0.15, 0.2) is 0 Å². The number of carbonyl (C=O) groups excluding carboxylic acids is 1. The zero-order valence-electron chi connectivity index (χ0n) is 13.0. The van der Waals surface area contributed by atoms with Crippen LogP contribution in [-0.4, -0.2) is 36.3 Å². The minimum atomic E-state index is -4.36. The van der Waals surface area contributed by atoms with Crippen molar-refractivity contribution in [1.82, 2.24) is 10.3 Å². The van der Waals surface area contributed by atoms with Gasteiger partial charge in [0, 0.05) is 17.0 Å². The molecule has 4 nitrogen and oxygen atoms in total. The van der Waals surface area contributed by atoms with Gasteiger partial charge in [-0.2, -0.15) is 13.2 Å². The Morgan fingerprint density at radius 2 is 2.04 bits per heavy atom. The van der Waals surface area contributed by atoms with Crippen LogP contribution < -0.4 is 5.32 Å². The Morgan fingerprint density at radius 1 is 1.33 bits per heavy atom. The van der Waals surface area contributed by atoms with Crippen molar-refractivity contribution < 1.29 is 22.7 Å². The van der Waals surface area contributed by atoms with Gasteiger partial charge in [-0.3, -0.25) is 4.79 Å². The van der Waals surface area contributed by atoms with Crippen LogP contribution in [0.2, 0.25) is 0 Å². The summed E-state index contributed by atoms with van der Waals surface area (Å²) in [6.45, 7) is 0.0715. The summed E-state index contributed by atoms with van der Waals surface area (Å²) in [6.07, 6.45) is -4.29. The smallest absolute Gasteiger partial charge is 0.370 e. The van der Waals surface area contributed by atoms with Crippen molar-refractivity contribution in [3.8, 4) is 10.6 Å². The molecule has 0 bridgehead atoms. The molecule has 0 radical (unpaired) electrons. The van der Waals surface area contributed by atoms with Crippen LogP contribution in [0.25, 0.3) is 10.6 Å². The topological polar surface area (TPSA) is 51.2 Å². The van der Waals surface area contributed by atoms with Crippen molar-refractivity contribution in [2.24, 2.45) is 0 Å². The fraction of sp³-hybridized carbons (Fsp3) is 0.375. The van der Waals surface area contributed by atoms with Crippen LogP contribution in [0.4, 0.5) is 13.2 Å². The summed E-state index contributed by atoms with van der Waals surface area (Å²) in [4.78, 5) is 16.3. The highest BCUT2D eigenvalue weighted by Crippen LogP contribution is 2.23. The number of halogens is 3. The lowest BCUT2D eigenvalue weighted by Crippen LogP contribution is -2.37. The molecule has 0 aliphatic carbocycles. The van der Waals surface area contributed by atoms with E-state index in [1.54, 1.807) is 12.3 Å². The lowest BCUT2D eigenvalue weighted by molar-refractivity contribution is -0.175. The Hall–Kier alpha value is -1.93. The highest BCUT2D eigenvalue weighted by Gasteiger charge is 2.27. The molecule has 1 atom stereocenters. The van der Waals surface area contributed by atoms with Crippen LogP contribution in [0.1, 0.15) is 12.6 Å². The minimum Gasteiger partial charge on any atom is -0.370 e. The van der Waals surface area contributed by atoms with Crippen LogP contribution in [0.5, 0.6) is 0 Å². The maximum Gasteiger partial charge on any atom is 0.411 e. The molecule has 0 fully saturated rings. The number of hydrogen-bond acceptors (Lipinski definition) is 4. The molecule has 130 valence electrons. The number of ether oxygens (including phenoxy) is 1. The summed E-state index contributed by atoms with van der Waals surface area (Å²) in [5.74, 6) is -0.303. The SMILES string of the molecule is CC(COCC(F)(F)F)NC(=O)Cc1csc(-c2ccccc2)n1. The van der Waals surface area contributed by atoms with E-state index < -0.39 is 18.8 Å². The van der Waals surface area contributed by atoms with E-state index in [-0.39, 0.29) is 18.9 Å². The fourth-order valence-corrected chi connectivity index (χ4v) is 2.81. The second kappa shape index (κ2) is 8.25. The third kappa shape index (κ3) is 6.29. The molecule has 0 aliphatic heterocycles. The molecule has 2 rings (SSSR count). The predicted octanol–water partition coefficient (Wildman–Crippen LogP) is 3.44. The van der Waals surface area contributed by atoms with E-state index in [2.05, 4.69) is 15.0 Å². The van der Waals surface area contributed by atoms with Gasteiger partial charge in [0.05, 0.1) is 18.7 Å². The van der Waals surface area contributed by atoms with Gasteiger partial charge in [-0.1, -0.05) is 30.3 Å². The molecule has 1 unspecified atom stereocenters. The zero-order valence-corrected chi connectivity index (χ0v) is 13.8. The van der Waals surface area contributed by atoms with Gasteiger partial charge >= 0.3 is 6.18 Å². The van der Waals surface area contributed by atoms with Crippen molar-refractivity contribution in [2.75, 3.05) is 13.2 Å². The van der Waals surface area contributed by atoms with E-state index in [0.29, 0.717) is 5.69 Å². The third-order valence-electron chi connectivity index (χ3n) is 2.96. The van der Waals surface area contributed by atoms with Crippen LogP contribution >= 0.6 is 11.3 Å². The summed E-state index contributed by atoms with van der Waals surface area (Å²) < 4.78 is 40.5. The van der Waals surface area contributed by atoms with Crippen molar-refractivity contribution >= 4 is 17.2 Å². The summed E-state index contributed by atoms with van der Waals surface area (Å²) in [7, 11) is 0.